The third-order valence-corrected chi connectivity index (χ3v) is 2.58. The van der Waals surface area contributed by atoms with Gasteiger partial charge in [0.15, 0.2) is 0 Å². The highest BCUT2D eigenvalue weighted by molar-refractivity contribution is 5.79. The van der Waals surface area contributed by atoms with E-state index in [0.29, 0.717) is 13.1 Å². The smallest absolute Gasteiger partial charge is 0.237 e. The second-order valence-corrected chi connectivity index (χ2v) is 3.72. The molecule has 1 aromatic rings. The van der Waals surface area contributed by atoms with E-state index < -0.39 is 0 Å². The summed E-state index contributed by atoms with van der Waals surface area (Å²) in [5.41, 5.74) is 1.16. The lowest BCUT2D eigenvalue weighted by Gasteiger charge is -2.33. The van der Waals surface area contributed by atoms with Crippen molar-refractivity contribution in [2.45, 2.75) is 19.5 Å². The number of piperazine rings is 1. The minimum Gasteiger partial charge on any atom is -0.367 e. The number of H-pyrrole nitrogens is 1. The molecule has 0 spiro atoms. The van der Waals surface area contributed by atoms with Crippen LogP contribution in [0.5, 0.6) is 0 Å². The number of nitrogens with zero attached hydrogens (tertiary/aromatic N) is 1. The van der Waals surface area contributed by atoms with Gasteiger partial charge in [0.05, 0.1) is 6.54 Å². The van der Waals surface area contributed by atoms with E-state index in [2.05, 4.69) is 17.2 Å². The highest BCUT2D eigenvalue weighted by Gasteiger charge is 2.24. The van der Waals surface area contributed by atoms with Crippen molar-refractivity contribution in [2.24, 2.45) is 0 Å². The Balaban J connectivity index is 2.04. The number of aromatic nitrogens is 1. The van der Waals surface area contributed by atoms with Gasteiger partial charge >= 0.3 is 0 Å². The van der Waals surface area contributed by atoms with Crippen LogP contribution in [0.1, 0.15) is 12.5 Å². The lowest BCUT2D eigenvalue weighted by Crippen LogP contribution is -2.52. The number of amides is 1. The Labute approximate surface area is 83.3 Å². The standard InChI is InChI=1S/C10H15N3O/c1-8-4-12-6-10(14)13(8)7-9-2-3-11-5-9/h2-3,5,8,11-12H,4,6-7H2,1H3. The molecule has 1 unspecified atom stereocenters. The fourth-order valence-electron chi connectivity index (χ4n) is 1.74. The van der Waals surface area contributed by atoms with Crippen LogP contribution in [0.15, 0.2) is 18.5 Å². The molecule has 2 heterocycles. The minimum atomic E-state index is 0.185. The number of aromatic amines is 1. The van der Waals surface area contributed by atoms with Crippen LogP contribution in [0.2, 0.25) is 0 Å². The predicted octanol–water partition coefficient (Wildman–Crippen LogP) is 0.335. The third kappa shape index (κ3) is 1.80. The quantitative estimate of drug-likeness (QED) is 0.711. The van der Waals surface area contributed by atoms with Crippen molar-refractivity contribution in [2.75, 3.05) is 13.1 Å². The molecule has 0 aromatic carbocycles. The first kappa shape index (κ1) is 9.27. The van der Waals surface area contributed by atoms with Gasteiger partial charge in [-0.05, 0) is 18.6 Å². The van der Waals surface area contributed by atoms with Crippen LogP contribution < -0.4 is 5.32 Å². The summed E-state index contributed by atoms with van der Waals surface area (Å²) in [5, 5.41) is 3.09. The molecule has 0 aliphatic carbocycles. The number of hydrogen-bond acceptors (Lipinski definition) is 2. The maximum atomic E-state index is 11.6. The fraction of sp³-hybridized carbons (Fsp3) is 0.500. The van der Waals surface area contributed by atoms with E-state index in [0.717, 1.165) is 12.1 Å². The van der Waals surface area contributed by atoms with Crippen LogP contribution in [-0.2, 0) is 11.3 Å². The summed E-state index contributed by atoms with van der Waals surface area (Å²) >= 11 is 0. The molecule has 2 N–H and O–H groups in total. The van der Waals surface area contributed by atoms with Crippen molar-refractivity contribution in [3.05, 3.63) is 24.0 Å². The lowest BCUT2D eigenvalue weighted by molar-refractivity contribution is -0.135. The maximum Gasteiger partial charge on any atom is 0.237 e. The van der Waals surface area contributed by atoms with Gasteiger partial charge in [-0.1, -0.05) is 0 Å². The normalized spacial score (nSPS) is 22.8. The van der Waals surface area contributed by atoms with Gasteiger partial charge < -0.3 is 15.2 Å². The van der Waals surface area contributed by atoms with Crippen LogP contribution in [0.25, 0.3) is 0 Å². The van der Waals surface area contributed by atoms with E-state index in [1.807, 2.05) is 23.4 Å². The van der Waals surface area contributed by atoms with E-state index >= 15 is 0 Å². The van der Waals surface area contributed by atoms with Gasteiger partial charge in [0.1, 0.15) is 0 Å². The van der Waals surface area contributed by atoms with E-state index in [-0.39, 0.29) is 11.9 Å². The summed E-state index contributed by atoms with van der Waals surface area (Å²) in [5.74, 6) is 0.185. The molecule has 0 radical (unpaired) electrons. The second-order valence-electron chi connectivity index (χ2n) is 3.72. The molecule has 76 valence electrons. The van der Waals surface area contributed by atoms with Crippen LogP contribution in [-0.4, -0.2) is 34.9 Å². The van der Waals surface area contributed by atoms with Crippen molar-refractivity contribution >= 4 is 5.91 Å². The molecule has 1 aliphatic heterocycles. The summed E-state index contributed by atoms with van der Waals surface area (Å²) in [6.45, 7) is 4.13. The van der Waals surface area contributed by atoms with Crippen molar-refractivity contribution in [1.29, 1.82) is 0 Å². The molecule has 0 bridgehead atoms. The highest BCUT2D eigenvalue weighted by atomic mass is 16.2. The minimum absolute atomic E-state index is 0.185. The zero-order valence-electron chi connectivity index (χ0n) is 8.29. The Morgan fingerprint density at radius 3 is 3.14 bits per heavy atom. The zero-order valence-corrected chi connectivity index (χ0v) is 8.29. The van der Waals surface area contributed by atoms with Crippen LogP contribution in [0.4, 0.5) is 0 Å². The van der Waals surface area contributed by atoms with Crippen molar-refractivity contribution in [3.63, 3.8) is 0 Å². The molecular weight excluding hydrogens is 178 g/mol. The number of nitrogens with one attached hydrogen (secondary N) is 2. The first-order chi connectivity index (χ1) is 6.77. The molecule has 1 aliphatic rings. The lowest BCUT2D eigenvalue weighted by atomic mass is 10.2. The van der Waals surface area contributed by atoms with E-state index in [9.17, 15) is 4.79 Å². The summed E-state index contributed by atoms with van der Waals surface area (Å²) in [4.78, 5) is 16.5. The summed E-state index contributed by atoms with van der Waals surface area (Å²) in [6, 6.07) is 2.29. The molecule has 0 saturated carbocycles. The highest BCUT2D eigenvalue weighted by Crippen LogP contribution is 2.09. The van der Waals surface area contributed by atoms with Gasteiger partial charge in [-0.2, -0.15) is 0 Å². The van der Waals surface area contributed by atoms with E-state index in [1.54, 1.807) is 0 Å². The first-order valence-corrected chi connectivity index (χ1v) is 4.89. The number of carbonyl (C=O) groups excluding carboxylic acids is 1. The van der Waals surface area contributed by atoms with Crippen LogP contribution >= 0.6 is 0 Å². The Bertz CT molecular complexity index is 307. The van der Waals surface area contributed by atoms with Gasteiger partial charge in [0, 0.05) is 31.5 Å². The molecule has 1 saturated heterocycles. The molecular formula is C10H15N3O. The Kier molecular flexibility index (Phi) is 2.54. The zero-order chi connectivity index (χ0) is 9.97. The maximum absolute atomic E-state index is 11.6. The average Bonchev–Trinajstić information content (AvgIpc) is 2.64. The van der Waals surface area contributed by atoms with Gasteiger partial charge in [0.2, 0.25) is 5.91 Å². The fourth-order valence-corrected chi connectivity index (χ4v) is 1.74. The molecule has 4 nitrogen and oxygen atoms in total. The molecule has 4 heteroatoms. The number of rotatable bonds is 2. The monoisotopic (exact) mass is 193 g/mol. The predicted molar refractivity (Wildman–Crippen MR) is 53.7 cm³/mol. The van der Waals surface area contributed by atoms with Crippen LogP contribution in [0, 0.1) is 0 Å². The summed E-state index contributed by atoms with van der Waals surface area (Å²) in [6.07, 6.45) is 3.81. The molecule has 1 atom stereocenters. The van der Waals surface area contributed by atoms with Crippen molar-refractivity contribution < 1.29 is 4.79 Å². The Morgan fingerprint density at radius 2 is 2.50 bits per heavy atom. The first-order valence-electron chi connectivity index (χ1n) is 4.89. The van der Waals surface area contributed by atoms with Gasteiger partial charge in [-0.15, -0.1) is 0 Å². The van der Waals surface area contributed by atoms with Crippen molar-refractivity contribution in [1.82, 2.24) is 15.2 Å². The molecule has 14 heavy (non-hydrogen) atoms. The Morgan fingerprint density at radius 1 is 1.64 bits per heavy atom. The summed E-state index contributed by atoms with van der Waals surface area (Å²) < 4.78 is 0. The van der Waals surface area contributed by atoms with Crippen LogP contribution in [0.3, 0.4) is 0 Å². The molecule has 1 fully saturated rings. The van der Waals surface area contributed by atoms with E-state index in [1.165, 1.54) is 0 Å². The topological polar surface area (TPSA) is 48.1 Å². The Hall–Kier alpha value is -1.29. The average molecular weight is 193 g/mol. The van der Waals surface area contributed by atoms with Gasteiger partial charge in [0.25, 0.3) is 0 Å². The summed E-state index contributed by atoms with van der Waals surface area (Å²) in [7, 11) is 0. The number of carbonyl (C=O) groups is 1. The van der Waals surface area contributed by atoms with Crippen molar-refractivity contribution in [3.8, 4) is 0 Å². The van der Waals surface area contributed by atoms with Gasteiger partial charge in [-0.3, -0.25) is 4.79 Å². The molecule has 1 aromatic heterocycles. The molecule has 2 rings (SSSR count). The van der Waals surface area contributed by atoms with E-state index in [4.69, 9.17) is 0 Å². The van der Waals surface area contributed by atoms with Gasteiger partial charge in [-0.25, -0.2) is 0 Å². The second kappa shape index (κ2) is 3.84. The largest absolute Gasteiger partial charge is 0.367 e. The molecule has 1 amide bonds. The number of hydrogen-bond donors (Lipinski definition) is 2. The SMILES string of the molecule is CC1CNCC(=O)N1Cc1cc[nH]c1. The third-order valence-electron chi connectivity index (χ3n) is 2.58.